The van der Waals surface area contributed by atoms with E-state index >= 15 is 0 Å². The smallest absolute Gasteiger partial charge is 0.332 e. The van der Waals surface area contributed by atoms with Crippen LogP contribution in [0, 0.1) is 5.82 Å². The second-order valence-corrected chi connectivity index (χ2v) is 12.2. The van der Waals surface area contributed by atoms with Crippen LogP contribution in [-0.4, -0.2) is 75.0 Å². The third-order valence-electron chi connectivity index (χ3n) is 8.15. The Morgan fingerprint density at radius 1 is 1.19 bits per heavy atom. The monoisotopic (exact) mass is 605 g/mol. The van der Waals surface area contributed by atoms with Crippen molar-refractivity contribution in [1.82, 2.24) is 25.1 Å². The summed E-state index contributed by atoms with van der Waals surface area (Å²) >= 11 is 1.54. The van der Waals surface area contributed by atoms with Crippen LogP contribution in [0.4, 0.5) is 14.9 Å². The van der Waals surface area contributed by atoms with E-state index in [1.165, 1.54) is 23.9 Å². The second kappa shape index (κ2) is 12.4. The highest BCUT2D eigenvalue weighted by Crippen LogP contribution is 2.40. The Morgan fingerprint density at radius 2 is 2.00 bits per heavy atom. The number of carbonyl (C=O) groups excluding carboxylic acids is 3. The fourth-order valence-corrected chi connectivity index (χ4v) is 7.07. The summed E-state index contributed by atoms with van der Waals surface area (Å²) in [7, 11) is 0. The van der Waals surface area contributed by atoms with Crippen LogP contribution in [0.25, 0.3) is 0 Å². The molecule has 0 spiro atoms. The molecule has 4 aliphatic rings. The van der Waals surface area contributed by atoms with Gasteiger partial charge in [0.05, 0.1) is 18.8 Å². The molecule has 10 nitrogen and oxygen atoms in total. The number of carbonyl (C=O) groups is 3. The van der Waals surface area contributed by atoms with Crippen molar-refractivity contribution in [3.8, 4) is 0 Å². The lowest BCUT2D eigenvalue weighted by molar-refractivity contribution is -0.155. The molecule has 3 atom stereocenters. The van der Waals surface area contributed by atoms with Gasteiger partial charge in [-0.2, -0.15) is 5.01 Å². The molecule has 2 saturated heterocycles. The van der Waals surface area contributed by atoms with Gasteiger partial charge in [0.25, 0.3) is 0 Å². The molecule has 0 bridgehead atoms. The molecule has 2 unspecified atom stereocenters. The van der Waals surface area contributed by atoms with E-state index in [0.29, 0.717) is 19.5 Å². The number of hydrogen-bond donors (Lipinski definition) is 3. The van der Waals surface area contributed by atoms with E-state index in [-0.39, 0.29) is 48.8 Å². The summed E-state index contributed by atoms with van der Waals surface area (Å²) in [5, 5.41) is 9.62. The number of hydrazine groups is 1. The zero-order valence-electron chi connectivity index (χ0n) is 24.0. The molecule has 1 aliphatic carbocycles. The summed E-state index contributed by atoms with van der Waals surface area (Å²) < 4.78 is 13.4. The van der Waals surface area contributed by atoms with Crippen molar-refractivity contribution >= 4 is 35.3 Å². The highest BCUT2D eigenvalue weighted by molar-refractivity contribution is 8.00. The number of halogens is 1. The molecule has 0 saturated carbocycles. The number of nitrogens with one attached hydrogen (secondary N) is 2. The number of amides is 4. The molecule has 2 aromatic rings. The second-order valence-electron chi connectivity index (χ2n) is 11.1. The van der Waals surface area contributed by atoms with Crippen molar-refractivity contribution in [2.45, 2.75) is 61.9 Å². The van der Waals surface area contributed by atoms with Crippen LogP contribution in [0.3, 0.4) is 0 Å². The summed E-state index contributed by atoms with van der Waals surface area (Å²) in [6.07, 6.45) is 7.83. The van der Waals surface area contributed by atoms with Crippen molar-refractivity contribution in [3.63, 3.8) is 0 Å². The minimum atomic E-state index is -0.778. The first-order chi connectivity index (χ1) is 20.8. The quantitative estimate of drug-likeness (QED) is 0.422. The Balaban J connectivity index is 1.29. The number of fused-ring (bicyclic) bond motifs is 2. The van der Waals surface area contributed by atoms with Crippen LogP contribution in [0.1, 0.15) is 37.3 Å². The minimum absolute atomic E-state index is 0.0168. The first-order valence-corrected chi connectivity index (χ1v) is 15.6. The van der Waals surface area contributed by atoms with Crippen molar-refractivity contribution in [1.29, 1.82) is 0 Å². The number of thioether (sulfide) groups is 1. The number of urea groups is 1. The number of nitrogens with two attached hydrogens (primary N) is 1. The van der Waals surface area contributed by atoms with Crippen LogP contribution in [-0.2, 0) is 22.7 Å². The van der Waals surface area contributed by atoms with E-state index in [4.69, 9.17) is 5.73 Å². The van der Waals surface area contributed by atoms with Crippen molar-refractivity contribution < 1.29 is 18.8 Å². The van der Waals surface area contributed by atoms with E-state index < -0.39 is 12.2 Å². The van der Waals surface area contributed by atoms with Gasteiger partial charge in [0, 0.05) is 24.5 Å². The van der Waals surface area contributed by atoms with E-state index in [1.807, 2.05) is 43.4 Å². The Kier molecular flexibility index (Phi) is 8.42. The first-order valence-electron chi connectivity index (χ1n) is 14.7. The van der Waals surface area contributed by atoms with Gasteiger partial charge in [-0.25, -0.2) is 9.18 Å². The summed E-state index contributed by atoms with van der Waals surface area (Å²) in [6, 6.07) is 10.8. The van der Waals surface area contributed by atoms with Crippen molar-refractivity contribution in [2.75, 3.05) is 25.0 Å². The number of rotatable bonds is 8. The maximum absolute atomic E-state index is 14.2. The lowest BCUT2D eigenvalue weighted by Gasteiger charge is -2.46. The van der Waals surface area contributed by atoms with E-state index in [9.17, 15) is 18.8 Å². The lowest BCUT2D eigenvalue weighted by Crippen LogP contribution is -2.65. The number of hydrogen-bond acceptors (Lipinski definition) is 7. The Hall–Kier alpha value is -3.87. The number of allylic oxidation sites excluding steroid dienone is 2. The van der Waals surface area contributed by atoms with Gasteiger partial charge >= 0.3 is 6.03 Å². The first kappa shape index (κ1) is 29.2. The van der Waals surface area contributed by atoms with Gasteiger partial charge in [-0.1, -0.05) is 61.2 Å². The largest absolute Gasteiger partial charge is 0.360 e. The molecule has 226 valence electrons. The fourth-order valence-electron chi connectivity index (χ4n) is 6.16. The Bertz CT molecular complexity index is 1470. The predicted octanol–water partition coefficient (Wildman–Crippen LogP) is 3.58. The normalized spacial score (nSPS) is 23.1. The van der Waals surface area contributed by atoms with Crippen molar-refractivity contribution in [3.05, 3.63) is 83.2 Å². The third kappa shape index (κ3) is 5.86. The van der Waals surface area contributed by atoms with Gasteiger partial charge < -0.3 is 26.2 Å². The van der Waals surface area contributed by atoms with Crippen LogP contribution >= 0.6 is 11.8 Å². The molecule has 4 N–H and O–H groups in total. The van der Waals surface area contributed by atoms with Gasteiger partial charge in [-0.3, -0.25) is 14.6 Å². The summed E-state index contributed by atoms with van der Waals surface area (Å²) in [6.45, 7) is 3.14. The molecular weight excluding hydrogens is 569 g/mol. The van der Waals surface area contributed by atoms with Gasteiger partial charge in [-0.05, 0) is 54.2 Å². The SMILES string of the molecule is CCCN(C(=O)NCc1ccc(F)cc1)N1CC(=O)N2C1CN(Cc1cccc3c1NC(N)S3)C(=O)[C@@H]2C1=CCCC=C1. The zero-order valence-corrected chi connectivity index (χ0v) is 24.9. The number of piperazine rings is 1. The number of para-hydroxylation sites is 1. The third-order valence-corrected chi connectivity index (χ3v) is 9.11. The van der Waals surface area contributed by atoms with E-state index in [1.54, 1.807) is 32.0 Å². The van der Waals surface area contributed by atoms with Gasteiger partial charge in [0.1, 0.15) is 23.5 Å². The zero-order chi connectivity index (χ0) is 30.1. The van der Waals surface area contributed by atoms with Gasteiger partial charge in [-0.15, -0.1) is 0 Å². The lowest BCUT2D eigenvalue weighted by atomic mass is 9.95. The topological polar surface area (TPSA) is 114 Å². The van der Waals surface area contributed by atoms with E-state index in [2.05, 4.69) is 10.6 Å². The van der Waals surface area contributed by atoms with Crippen molar-refractivity contribution in [2.24, 2.45) is 5.73 Å². The van der Waals surface area contributed by atoms with Crippen LogP contribution < -0.4 is 16.4 Å². The Morgan fingerprint density at radius 3 is 2.74 bits per heavy atom. The number of anilines is 1. The average molecular weight is 606 g/mol. The molecule has 4 amide bonds. The maximum atomic E-state index is 14.2. The molecule has 6 rings (SSSR count). The highest BCUT2D eigenvalue weighted by atomic mass is 32.2. The molecule has 3 aliphatic heterocycles. The Labute approximate surface area is 254 Å². The molecule has 2 aromatic carbocycles. The molecule has 3 heterocycles. The molecule has 43 heavy (non-hydrogen) atoms. The summed E-state index contributed by atoms with van der Waals surface area (Å²) in [5.41, 5.74) is 9.33. The minimum Gasteiger partial charge on any atom is -0.360 e. The van der Waals surface area contributed by atoms with Crippen LogP contribution in [0.15, 0.2) is 71.2 Å². The van der Waals surface area contributed by atoms with E-state index in [0.717, 1.165) is 40.1 Å². The molecule has 2 fully saturated rings. The standard InChI is InChI=1S/C31H36FN7O3S/c1-2-15-37(31(42)34-16-20-11-13-23(32)14-12-20)38-19-26(40)39-25(38)18-36(29(41)28(39)21-7-4-3-5-8-21)17-22-9-6-10-24-27(22)35-30(33)43-24/h4,6-14,25,28,30,35H,2-3,5,15-19,33H2,1H3,(H,34,42)/t25?,28-,30?/m0/s1. The number of benzene rings is 2. The van der Waals surface area contributed by atoms with Crippen LogP contribution in [0.2, 0.25) is 0 Å². The summed E-state index contributed by atoms with van der Waals surface area (Å²) in [5.74, 6) is -0.676. The fraction of sp³-hybridized carbons (Fsp3) is 0.387. The molecule has 0 radical (unpaired) electrons. The average Bonchev–Trinajstić information content (AvgIpc) is 3.55. The predicted molar refractivity (Wildman–Crippen MR) is 163 cm³/mol. The highest BCUT2D eigenvalue weighted by Gasteiger charge is 2.53. The van der Waals surface area contributed by atoms with Crippen LogP contribution in [0.5, 0.6) is 0 Å². The molecule has 12 heteroatoms. The van der Waals surface area contributed by atoms with Gasteiger partial charge in [0.2, 0.25) is 11.8 Å². The van der Waals surface area contributed by atoms with Gasteiger partial charge in [0.15, 0.2) is 0 Å². The number of nitrogens with zero attached hydrogens (tertiary/aromatic N) is 4. The molecular formula is C31H36FN7O3S. The summed E-state index contributed by atoms with van der Waals surface area (Å²) in [4.78, 5) is 45.9. The molecule has 0 aromatic heterocycles. The maximum Gasteiger partial charge on any atom is 0.332 e.